The Kier molecular flexibility index (Phi) is 18.1. The van der Waals surface area contributed by atoms with E-state index in [1.165, 1.54) is 0 Å². The van der Waals surface area contributed by atoms with Crippen LogP contribution in [0.3, 0.4) is 0 Å². The van der Waals surface area contributed by atoms with Crippen molar-refractivity contribution in [2.45, 2.75) is 41.5 Å². The molecule has 0 bridgehead atoms. The molecule has 0 aliphatic rings. The molecule has 0 fully saturated rings. The summed E-state index contributed by atoms with van der Waals surface area (Å²) in [6, 6.07) is 0. The van der Waals surface area contributed by atoms with Gasteiger partial charge in [-0.25, -0.2) is 0 Å². The van der Waals surface area contributed by atoms with Crippen molar-refractivity contribution >= 4 is 0 Å². The monoisotopic (exact) mass is 508 g/mol. The lowest BCUT2D eigenvalue weighted by Gasteiger charge is -2.30. The molecule has 0 saturated heterocycles. The predicted octanol–water partition coefficient (Wildman–Crippen LogP) is 7.67. The summed E-state index contributed by atoms with van der Waals surface area (Å²) in [6.07, 6.45) is 20.2. The Morgan fingerprint density at radius 3 is 1.35 bits per heavy atom. The second kappa shape index (κ2) is 19.9. The van der Waals surface area contributed by atoms with Gasteiger partial charge in [0.2, 0.25) is 0 Å². The van der Waals surface area contributed by atoms with E-state index in [4.69, 9.17) is 0 Å². The van der Waals surface area contributed by atoms with Crippen LogP contribution in [0.15, 0.2) is 120 Å². The van der Waals surface area contributed by atoms with Crippen LogP contribution >= 0.6 is 0 Å². The summed E-state index contributed by atoms with van der Waals surface area (Å²) in [5.41, 5.74) is 3.53. The molecule has 3 N–H and O–H groups in total. The molecule has 0 aliphatic heterocycles. The average Bonchev–Trinajstić information content (AvgIpc) is 2.90. The molecule has 0 aromatic rings. The summed E-state index contributed by atoms with van der Waals surface area (Å²) < 4.78 is 0. The van der Waals surface area contributed by atoms with Crippen LogP contribution in [-0.2, 0) is 0 Å². The third-order valence-electron chi connectivity index (χ3n) is 5.86. The van der Waals surface area contributed by atoms with Gasteiger partial charge in [0.05, 0.1) is 0 Å². The average molecular weight is 509 g/mol. The minimum atomic E-state index is 0.206. The third-order valence-corrected chi connectivity index (χ3v) is 5.86. The van der Waals surface area contributed by atoms with Gasteiger partial charge in [0.15, 0.2) is 0 Å². The van der Waals surface area contributed by atoms with Crippen LogP contribution < -0.4 is 0 Å². The summed E-state index contributed by atoms with van der Waals surface area (Å²) in [4.78, 5) is 4.46. The van der Waals surface area contributed by atoms with Crippen molar-refractivity contribution in [1.29, 1.82) is 0 Å². The van der Waals surface area contributed by atoms with E-state index >= 15 is 0 Å². The highest BCUT2D eigenvalue weighted by Gasteiger charge is 2.17. The van der Waals surface area contributed by atoms with E-state index in [2.05, 4.69) is 29.0 Å². The fraction of sp³-hybridized carbons (Fsp3) is 0.375. The number of allylic oxidation sites excluding steroid dienone is 10. The van der Waals surface area contributed by atoms with Gasteiger partial charge >= 0.3 is 0 Å². The molecule has 0 unspecified atom stereocenters. The second-order valence-electron chi connectivity index (χ2n) is 8.48. The first kappa shape index (κ1) is 33.7. The zero-order valence-corrected chi connectivity index (χ0v) is 23.7. The molecule has 0 aromatic heterocycles. The van der Waals surface area contributed by atoms with Crippen molar-refractivity contribution in [3.8, 4) is 0 Å². The highest BCUT2D eigenvalue weighted by molar-refractivity contribution is 5.31. The topological polar surface area (TPSA) is 67.2 Å². The molecule has 0 aliphatic carbocycles. The van der Waals surface area contributed by atoms with Gasteiger partial charge in [-0.1, -0.05) is 61.8 Å². The Balaban J connectivity index is 6.23. The zero-order valence-electron chi connectivity index (χ0n) is 23.7. The van der Waals surface area contributed by atoms with Crippen LogP contribution in [0, 0.1) is 0 Å². The van der Waals surface area contributed by atoms with Gasteiger partial charge in [-0.3, -0.25) is 9.80 Å². The van der Waals surface area contributed by atoms with Crippen LogP contribution in [-0.4, -0.2) is 64.4 Å². The molecule has 37 heavy (non-hydrogen) atoms. The number of aliphatic hydroxyl groups is 3. The van der Waals surface area contributed by atoms with Crippen LogP contribution in [0.5, 0.6) is 0 Å². The maximum absolute atomic E-state index is 10.5. The molecule has 0 amide bonds. The molecule has 5 nitrogen and oxygen atoms in total. The summed E-state index contributed by atoms with van der Waals surface area (Å²) in [5, 5.41) is 31.3. The molecule has 0 rings (SSSR count). The lowest BCUT2D eigenvalue weighted by atomic mass is 10.1. The first-order chi connectivity index (χ1) is 17.7. The maximum atomic E-state index is 10.5. The van der Waals surface area contributed by atoms with Crippen molar-refractivity contribution in [3.63, 3.8) is 0 Å². The number of rotatable bonds is 17. The molecule has 0 aromatic carbocycles. The Bertz CT molecular complexity index is 968. The van der Waals surface area contributed by atoms with Crippen LogP contribution in [0.2, 0.25) is 0 Å². The Morgan fingerprint density at radius 2 is 0.973 bits per heavy atom. The van der Waals surface area contributed by atoms with Crippen molar-refractivity contribution < 1.29 is 15.3 Å². The fourth-order valence-corrected chi connectivity index (χ4v) is 3.78. The standard InChI is InChI=1S/C32H48N2O3/c1-9-17-26(18-10-2)22-33(23-27(12-4)30(35)14-6)20-21-34(24-28(13-5)31(36)15-7)25-29(19-11-3)32(37)16-8/h9-19,35-37H,1,3,20-25H2,2,4-8H3/b18-10-,26-17+,27-12-,28-13-,29-19-,30-14+,31-15+,32-16+. The fourth-order valence-electron chi connectivity index (χ4n) is 3.78. The first-order valence-electron chi connectivity index (χ1n) is 12.8. The molecule has 0 saturated carbocycles. The SMILES string of the molecule is C=C/C=C(CN(CCN(CC(=C/C)/C(O)=C\C)CC(/C=C\C)=C/C=C)CC(=C/C)/C(O)=C\C)\C(O)=C/C. The second-order valence-corrected chi connectivity index (χ2v) is 8.48. The smallest absolute Gasteiger partial charge is 0.115 e. The van der Waals surface area contributed by atoms with Gasteiger partial charge in [-0.2, -0.15) is 0 Å². The molecule has 0 spiro atoms. The van der Waals surface area contributed by atoms with Gasteiger partial charge in [-0.05, 0) is 65.3 Å². The molecule has 0 radical (unpaired) electrons. The van der Waals surface area contributed by atoms with E-state index in [0.717, 1.165) is 22.3 Å². The van der Waals surface area contributed by atoms with Gasteiger partial charge in [0.25, 0.3) is 0 Å². The lowest BCUT2D eigenvalue weighted by Crippen LogP contribution is -2.39. The summed E-state index contributed by atoms with van der Waals surface area (Å²) in [6.45, 7) is 22.5. The molecular formula is C32H48N2O3. The summed E-state index contributed by atoms with van der Waals surface area (Å²) in [7, 11) is 0. The number of hydrogen-bond donors (Lipinski definition) is 3. The normalized spacial score (nSPS) is 15.3. The Morgan fingerprint density at radius 1 is 0.568 bits per heavy atom. The van der Waals surface area contributed by atoms with Crippen molar-refractivity contribution in [1.82, 2.24) is 9.80 Å². The van der Waals surface area contributed by atoms with E-state index in [-0.39, 0.29) is 17.3 Å². The predicted molar refractivity (Wildman–Crippen MR) is 161 cm³/mol. The lowest BCUT2D eigenvalue weighted by molar-refractivity contribution is 0.236. The zero-order chi connectivity index (χ0) is 28.2. The van der Waals surface area contributed by atoms with Crippen LogP contribution in [0.25, 0.3) is 0 Å². The third kappa shape index (κ3) is 13.0. The highest BCUT2D eigenvalue weighted by atomic mass is 16.3. The van der Waals surface area contributed by atoms with E-state index < -0.39 is 0 Å². The molecule has 5 heteroatoms. The summed E-state index contributed by atoms with van der Waals surface area (Å²) in [5.74, 6) is 0.720. The maximum Gasteiger partial charge on any atom is 0.115 e. The van der Waals surface area contributed by atoms with E-state index in [9.17, 15) is 15.3 Å². The number of hydrogen-bond acceptors (Lipinski definition) is 5. The van der Waals surface area contributed by atoms with E-state index in [0.29, 0.717) is 39.3 Å². The highest BCUT2D eigenvalue weighted by Crippen LogP contribution is 2.16. The molecular weight excluding hydrogens is 460 g/mol. The Labute approximate surface area is 225 Å². The van der Waals surface area contributed by atoms with E-state index in [1.54, 1.807) is 44.2 Å². The number of aliphatic hydroxyl groups excluding tert-OH is 3. The minimum Gasteiger partial charge on any atom is -0.508 e. The van der Waals surface area contributed by atoms with Gasteiger partial charge < -0.3 is 15.3 Å². The summed E-state index contributed by atoms with van der Waals surface area (Å²) >= 11 is 0. The minimum absolute atomic E-state index is 0.206. The Hall–Kier alpha value is -3.28. The molecule has 0 atom stereocenters. The quantitative estimate of drug-likeness (QED) is 0.139. The molecule has 204 valence electrons. The van der Waals surface area contributed by atoms with Crippen molar-refractivity contribution in [2.24, 2.45) is 0 Å². The van der Waals surface area contributed by atoms with Crippen molar-refractivity contribution in [2.75, 3.05) is 39.3 Å². The first-order valence-corrected chi connectivity index (χ1v) is 12.8. The van der Waals surface area contributed by atoms with Crippen LogP contribution in [0.1, 0.15) is 41.5 Å². The molecule has 0 heterocycles. The number of nitrogens with zero attached hydrogens (tertiary/aromatic N) is 2. The van der Waals surface area contributed by atoms with Gasteiger partial charge in [0, 0.05) is 56.0 Å². The van der Waals surface area contributed by atoms with Crippen molar-refractivity contribution in [3.05, 3.63) is 120 Å². The largest absolute Gasteiger partial charge is 0.508 e. The van der Waals surface area contributed by atoms with E-state index in [1.807, 2.05) is 58.1 Å². The van der Waals surface area contributed by atoms with Crippen LogP contribution in [0.4, 0.5) is 0 Å². The van der Waals surface area contributed by atoms with Gasteiger partial charge in [-0.15, -0.1) is 0 Å². The van der Waals surface area contributed by atoms with Gasteiger partial charge in [0.1, 0.15) is 17.3 Å².